The molecule has 0 saturated heterocycles. The second-order valence-corrected chi connectivity index (χ2v) is 12.1. The number of aliphatic hydroxyl groups is 1. The lowest BCUT2D eigenvalue weighted by atomic mass is 9.92. The molecule has 0 radical (unpaired) electrons. The number of fused-ring (bicyclic) bond motifs is 8. The zero-order valence-corrected chi connectivity index (χ0v) is 26.1. The summed E-state index contributed by atoms with van der Waals surface area (Å²) in [6.45, 7) is 0. The Balaban J connectivity index is 1.08. The number of aliphatic hydroxyl groups excluding tert-OH is 1. The van der Waals surface area contributed by atoms with Crippen molar-refractivity contribution in [2.75, 3.05) is 0 Å². The Morgan fingerprint density at radius 1 is 0.417 bits per heavy atom. The minimum absolute atomic E-state index is 0.267. The summed E-state index contributed by atoms with van der Waals surface area (Å²) in [7, 11) is 0. The van der Waals surface area contributed by atoms with Crippen LogP contribution in [-0.4, -0.2) is 14.5 Å². The number of para-hydroxylation sites is 3. The molecular weight excluding hydrogens is 585 g/mol. The first-order valence-corrected chi connectivity index (χ1v) is 16.2. The summed E-state index contributed by atoms with van der Waals surface area (Å²) in [6, 6.07) is 60.7. The first-order chi connectivity index (χ1) is 23.7. The third-order valence-electron chi connectivity index (χ3n) is 9.33. The van der Waals surface area contributed by atoms with E-state index in [0.29, 0.717) is 0 Å². The fraction of sp³-hybridized carbons (Fsp3) is 0. The van der Waals surface area contributed by atoms with Gasteiger partial charge in [0.15, 0.2) is 0 Å². The van der Waals surface area contributed by atoms with Crippen molar-refractivity contribution in [1.82, 2.24) is 9.38 Å². The topological polar surface area (TPSA) is 37.5 Å². The fourth-order valence-corrected chi connectivity index (χ4v) is 6.96. The van der Waals surface area contributed by atoms with E-state index in [9.17, 15) is 5.11 Å². The van der Waals surface area contributed by atoms with Crippen LogP contribution in [0, 0.1) is 0 Å². The van der Waals surface area contributed by atoms with Crippen molar-refractivity contribution in [3.05, 3.63) is 193 Å². The van der Waals surface area contributed by atoms with E-state index in [-0.39, 0.29) is 5.76 Å². The van der Waals surface area contributed by atoms with Crippen LogP contribution >= 0.6 is 0 Å². The molecule has 9 rings (SSSR count). The van der Waals surface area contributed by atoms with Crippen molar-refractivity contribution in [1.29, 1.82) is 0 Å². The van der Waals surface area contributed by atoms with E-state index in [0.717, 1.165) is 66.5 Å². The monoisotopic (exact) mass is 614 g/mol. The highest BCUT2D eigenvalue weighted by molar-refractivity contribution is 6.14. The summed E-state index contributed by atoms with van der Waals surface area (Å²) < 4.78 is 2.29. The Hall–Kier alpha value is -6.45. The Morgan fingerprint density at radius 2 is 0.938 bits per heavy atom. The highest BCUT2D eigenvalue weighted by atomic mass is 16.3. The molecule has 7 aromatic carbocycles. The second-order valence-electron chi connectivity index (χ2n) is 12.1. The zero-order valence-electron chi connectivity index (χ0n) is 26.1. The largest absolute Gasteiger partial charge is 0.507 e. The minimum Gasteiger partial charge on any atom is -0.507 e. The van der Waals surface area contributed by atoms with Crippen LogP contribution in [0.2, 0.25) is 0 Å². The molecule has 3 heteroatoms. The van der Waals surface area contributed by atoms with E-state index in [4.69, 9.17) is 4.98 Å². The van der Waals surface area contributed by atoms with E-state index >= 15 is 0 Å². The van der Waals surface area contributed by atoms with Gasteiger partial charge in [-0.3, -0.25) is 4.40 Å². The van der Waals surface area contributed by atoms with Gasteiger partial charge in [-0.1, -0.05) is 146 Å². The number of aromatic nitrogens is 2. The van der Waals surface area contributed by atoms with E-state index in [1.807, 2.05) is 66.7 Å². The van der Waals surface area contributed by atoms with E-state index in [2.05, 4.69) is 114 Å². The molecule has 0 saturated carbocycles. The van der Waals surface area contributed by atoms with Gasteiger partial charge in [0.05, 0.1) is 16.6 Å². The van der Waals surface area contributed by atoms with Crippen LogP contribution in [0.3, 0.4) is 0 Å². The van der Waals surface area contributed by atoms with Crippen molar-refractivity contribution in [2.24, 2.45) is 0 Å². The first kappa shape index (κ1) is 27.8. The number of hydrogen-bond acceptors (Lipinski definition) is 2. The Labute approximate surface area is 278 Å². The third-order valence-corrected chi connectivity index (χ3v) is 9.33. The van der Waals surface area contributed by atoms with Gasteiger partial charge < -0.3 is 5.11 Å². The molecule has 0 atom stereocenters. The number of nitrogens with zero attached hydrogens (tertiary/aromatic N) is 2. The van der Waals surface area contributed by atoms with Gasteiger partial charge in [-0.2, -0.15) is 0 Å². The smallest absolute Gasteiger partial charge is 0.146 e. The highest BCUT2D eigenvalue weighted by Gasteiger charge is 2.15. The molecule has 0 aliphatic carbocycles. The van der Waals surface area contributed by atoms with Crippen LogP contribution in [0.4, 0.5) is 0 Å². The lowest BCUT2D eigenvalue weighted by Crippen LogP contribution is -1.95. The van der Waals surface area contributed by atoms with Crippen LogP contribution in [0.15, 0.2) is 176 Å². The second kappa shape index (κ2) is 11.4. The van der Waals surface area contributed by atoms with Gasteiger partial charge in [-0.05, 0) is 69.1 Å². The minimum atomic E-state index is 0.267. The molecule has 2 heterocycles. The molecule has 0 aliphatic rings. The Morgan fingerprint density at radius 3 is 1.65 bits per heavy atom. The van der Waals surface area contributed by atoms with Gasteiger partial charge in [-0.15, -0.1) is 0 Å². The molecule has 48 heavy (non-hydrogen) atoms. The summed E-state index contributed by atoms with van der Waals surface area (Å²) in [4.78, 5) is 5.05. The highest BCUT2D eigenvalue weighted by Crippen LogP contribution is 2.36. The fourth-order valence-electron chi connectivity index (χ4n) is 6.96. The van der Waals surface area contributed by atoms with Crippen molar-refractivity contribution >= 4 is 49.7 Å². The average Bonchev–Trinajstić information content (AvgIpc) is 3.56. The number of rotatable bonds is 5. The maximum atomic E-state index is 11.4. The molecule has 3 nitrogen and oxygen atoms in total. The van der Waals surface area contributed by atoms with E-state index in [1.54, 1.807) is 0 Å². The molecule has 1 N–H and O–H groups in total. The Bertz CT molecular complexity index is 2630. The molecular formula is C45H30N2O. The standard InChI is InChI=1S/C45H30N2O/c48-44(35-13-5-2-6-14-35)43(33-11-3-1-4-12-33)34-25-23-31(24-26-34)30-19-21-32(22-20-30)36-27-28-38-39(29-36)37-15-7-9-17-41(37)47-42-18-10-8-16-40(42)46-45(38)47/h1-29,48H/b44-43-. The lowest BCUT2D eigenvalue weighted by molar-refractivity contribution is 0.513. The van der Waals surface area contributed by atoms with Gasteiger partial charge in [0.25, 0.3) is 0 Å². The molecule has 0 spiro atoms. The number of hydrogen-bond donors (Lipinski definition) is 1. The molecule has 2 aromatic heterocycles. The summed E-state index contributed by atoms with van der Waals surface area (Å²) in [5, 5.41) is 15.0. The molecule has 0 bridgehead atoms. The quantitative estimate of drug-likeness (QED) is 0.119. The predicted octanol–water partition coefficient (Wildman–Crippen LogP) is 11.6. The van der Waals surface area contributed by atoms with Crippen LogP contribution in [0.5, 0.6) is 0 Å². The van der Waals surface area contributed by atoms with E-state index < -0.39 is 0 Å². The average molecular weight is 615 g/mol. The lowest BCUT2D eigenvalue weighted by Gasteiger charge is -2.13. The number of benzene rings is 7. The summed E-state index contributed by atoms with van der Waals surface area (Å²) in [5.41, 5.74) is 12.4. The number of imidazole rings is 1. The summed E-state index contributed by atoms with van der Waals surface area (Å²) in [5.74, 6) is 0.267. The Kier molecular flexibility index (Phi) is 6.62. The first-order valence-electron chi connectivity index (χ1n) is 16.2. The maximum Gasteiger partial charge on any atom is 0.146 e. The van der Waals surface area contributed by atoms with E-state index in [1.165, 1.54) is 16.3 Å². The van der Waals surface area contributed by atoms with Gasteiger partial charge >= 0.3 is 0 Å². The van der Waals surface area contributed by atoms with Crippen LogP contribution in [0.25, 0.3) is 71.9 Å². The molecule has 0 fully saturated rings. The zero-order chi connectivity index (χ0) is 32.0. The van der Waals surface area contributed by atoms with Crippen molar-refractivity contribution in [3.63, 3.8) is 0 Å². The summed E-state index contributed by atoms with van der Waals surface area (Å²) >= 11 is 0. The van der Waals surface area contributed by atoms with Gasteiger partial charge in [-0.25, -0.2) is 4.98 Å². The van der Waals surface area contributed by atoms with Gasteiger partial charge in [0.1, 0.15) is 11.4 Å². The van der Waals surface area contributed by atoms with Gasteiger partial charge in [0, 0.05) is 21.9 Å². The molecule has 0 aliphatic heterocycles. The molecule has 0 amide bonds. The van der Waals surface area contributed by atoms with Crippen LogP contribution in [-0.2, 0) is 0 Å². The number of pyridine rings is 1. The molecule has 9 aromatic rings. The normalized spacial score (nSPS) is 12.2. The van der Waals surface area contributed by atoms with Gasteiger partial charge in [0.2, 0.25) is 0 Å². The molecule has 0 unspecified atom stereocenters. The third kappa shape index (κ3) is 4.64. The SMILES string of the molecule is O/C(=C(/c1ccccc1)c1ccc(-c2ccc(-c3ccc4c(c3)c3ccccc3n3c5ccccc5nc43)cc2)cc1)c1ccccc1. The van der Waals surface area contributed by atoms with Crippen LogP contribution < -0.4 is 0 Å². The van der Waals surface area contributed by atoms with Crippen molar-refractivity contribution in [3.8, 4) is 22.3 Å². The van der Waals surface area contributed by atoms with Crippen molar-refractivity contribution < 1.29 is 5.11 Å². The van der Waals surface area contributed by atoms with Crippen molar-refractivity contribution in [2.45, 2.75) is 0 Å². The van der Waals surface area contributed by atoms with Crippen LogP contribution in [0.1, 0.15) is 16.7 Å². The predicted molar refractivity (Wildman–Crippen MR) is 200 cm³/mol. The summed E-state index contributed by atoms with van der Waals surface area (Å²) in [6.07, 6.45) is 0. The maximum absolute atomic E-state index is 11.4. The molecule has 226 valence electrons.